The van der Waals surface area contributed by atoms with Crippen molar-refractivity contribution in [3.63, 3.8) is 0 Å². The van der Waals surface area contributed by atoms with E-state index in [1.165, 1.54) is 6.33 Å². The topological polar surface area (TPSA) is 129 Å². The van der Waals surface area contributed by atoms with Gasteiger partial charge in [-0.25, -0.2) is 19.2 Å². The van der Waals surface area contributed by atoms with Crippen LogP contribution in [0.1, 0.15) is 51.6 Å². The molecule has 10 heteroatoms. The molecule has 0 unspecified atom stereocenters. The molecule has 3 N–H and O–H groups in total. The number of nitrogens with zero attached hydrogens (tertiary/aromatic N) is 4. The van der Waals surface area contributed by atoms with Crippen LogP contribution in [0.25, 0.3) is 5.52 Å². The number of carbonyl (C=O) groups is 3. The van der Waals surface area contributed by atoms with Gasteiger partial charge in [0.15, 0.2) is 5.82 Å². The lowest BCUT2D eigenvalue weighted by Gasteiger charge is -2.18. The van der Waals surface area contributed by atoms with Gasteiger partial charge in [0.05, 0.1) is 5.56 Å². The number of carbonyl (C=O) groups excluding carboxylic acids is 2. The van der Waals surface area contributed by atoms with Crippen LogP contribution >= 0.6 is 0 Å². The lowest BCUT2D eigenvalue weighted by molar-refractivity contribution is 0.0729. The second-order valence-electron chi connectivity index (χ2n) is 7.77. The number of aryl methyl sites for hydroxylation is 2. The Bertz CT molecular complexity index is 1230. The van der Waals surface area contributed by atoms with Crippen molar-refractivity contribution in [1.82, 2.24) is 24.8 Å². The largest absolute Gasteiger partial charge is 0.465 e. The van der Waals surface area contributed by atoms with Gasteiger partial charge in [0.2, 0.25) is 0 Å². The SMILES string of the molecule is CCNC(=O)c1cn2ncnc(Nc3cc(C(=O)N(C(=O)O)C4CC4)ccc3C)c2c1C. The Hall–Kier alpha value is -3.95. The minimum atomic E-state index is -1.24. The molecule has 10 nitrogen and oxygen atoms in total. The first kappa shape index (κ1) is 21.3. The lowest BCUT2D eigenvalue weighted by Crippen LogP contribution is -2.37. The van der Waals surface area contributed by atoms with Crippen LogP contribution in [0.3, 0.4) is 0 Å². The Morgan fingerprint density at radius 1 is 1.25 bits per heavy atom. The zero-order chi connectivity index (χ0) is 23.0. The smallest absolute Gasteiger partial charge is 0.414 e. The number of carboxylic acid groups (broad SMARTS) is 1. The summed E-state index contributed by atoms with van der Waals surface area (Å²) in [7, 11) is 0. The van der Waals surface area contributed by atoms with Crippen LogP contribution in [-0.4, -0.2) is 55.1 Å². The molecule has 0 spiro atoms. The third-order valence-electron chi connectivity index (χ3n) is 5.48. The Morgan fingerprint density at radius 2 is 2.00 bits per heavy atom. The van der Waals surface area contributed by atoms with E-state index in [1.54, 1.807) is 28.9 Å². The van der Waals surface area contributed by atoms with Gasteiger partial charge in [0.25, 0.3) is 11.8 Å². The number of hydrogen-bond acceptors (Lipinski definition) is 6. The number of amides is 3. The van der Waals surface area contributed by atoms with E-state index < -0.39 is 12.0 Å². The maximum absolute atomic E-state index is 12.8. The highest BCUT2D eigenvalue weighted by Crippen LogP contribution is 2.31. The summed E-state index contributed by atoms with van der Waals surface area (Å²) in [6.07, 6.45) is 3.16. The fourth-order valence-electron chi connectivity index (χ4n) is 3.63. The number of benzene rings is 1. The van der Waals surface area contributed by atoms with Crippen molar-refractivity contribution >= 4 is 34.9 Å². The third-order valence-corrected chi connectivity index (χ3v) is 5.48. The summed E-state index contributed by atoms with van der Waals surface area (Å²) >= 11 is 0. The van der Waals surface area contributed by atoms with Crippen molar-refractivity contribution in [2.45, 2.75) is 39.7 Å². The van der Waals surface area contributed by atoms with Crippen molar-refractivity contribution in [2.24, 2.45) is 0 Å². The van der Waals surface area contributed by atoms with E-state index in [-0.39, 0.29) is 17.5 Å². The average molecular weight is 436 g/mol. The van der Waals surface area contributed by atoms with E-state index >= 15 is 0 Å². The molecule has 0 atom stereocenters. The maximum atomic E-state index is 12.8. The number of anilines is 2. The van der Waals surface area contributed by atoms with Crippen LogP contribution in [0.2, 0.25) is 0 Å². The third kappa shape index (κ3) is 3.86. The van der Waals surface area contributed by atoms with E-state index in [2.05, 4.69) is 20.7 Å². The highest BCUT2D eigenvalue weighted by molar-refractivity contribution is 6.04. The fraction of sp³-hybridized carbons (Fsp3) is 0.318. The molecule has 3 amide bonds. The van der Waals surface area contributed by atoms with Crippen molar-refractivity contribution < 1.29 is 19.5 Å². The molecule has 0 radical (unpaired) electrons. The van der Waals surface area contributed by atoms with Gasteiger partial charge in [0.1, 0.15) is 11.8 Å². The quantitative estimate of drug-likeness (QED) is 0.541. The van der Waals surface area contributed by atoms with Crippen LogP contribution < -0.4 is 10.6 Å². The first-order valence-corrected chi connectivity index (χ1v) is 10.4. The highest BCUT2D eigenvalue weighted by Gasteiger charge is 2.37. The molecule has 3 aromatic rings. The molecule has 166 valence electrons. The van der Waals surface area contributed by atoms with E-state index in [0.717, 1.165) is 16.0 Å². The van der Waals surface area contributed by atoms with Gasteiger partial charge in [-0.15, -0.1) is 0 Å². The Labute approximate surface area is 184 Å². The number of hydrogen-bond donors (Lipinski definition) is 3. The molecule has 1 saturated carbocycles. The molecule has 1 fully saturated rings. The van der Waals surface area contributed by atoms with Gasteiger partial charge >= 0.3 is 6.09 Å². The van der Waals surface area contributed by atoms with Crippen LogP contribution in [0.15, 0.2) is 30.7 Å². The van der Waals surface area contributed by atoms with Crippen molar-refractivity contribution in [3.05, 3.63) is 53.0 Å². The second-order valence-corrected chi connectivity index (χ2v) is 7.77. The molecule has 32 heavy (non-hydrogen) atoms. The first-order chi connectivity index (χ1) is 15.3. The van der Waals surface area contributed by atoms with Crippen LogP contribution in [0.5, 0.6) is 0 Å². The molecule has 4 rings (SSSR count). The molecular weight excluding hydrogens is 412 g/mol. The Balaban J connectivity index is 1.70. The minimum Gasteiger partial charge on any atom is -0.465 e. The standard InChI is InChI=1S/C22H24N6O4/c1-4-23-20(29)16-10-27-18(13(16)3)19(24-11-25-27)26-17-9-14(6-5-12(17)2)21(30)28(22(31)32)15-7-8-15/h5-6,9-11,15H,4,7-8H2,1-3H3,(H,23,29)(H,31,32)(H,24,25,26). The number of rotatable bonds is 6. The molecule has 2 heterocycles. The van der Waals surface area contributed by atoms with E-state index in [4.69, 9.17) is 0 Å². The molecular formula is C22H24N6O4. The molecule has 1 aliphatic carbocycles. The number of fused-ring (bicyclic) bond motifs is 1. The van der Waals surface area contributed by atoms with Crippen LogP contribution in [0, 0.1) is 13.8 Å². The van der Waals surface area contributed by atoms with Gasteiger partial charge in [-0.05, 0) is 56.9 Å². The van der Waals surface area contributed by atoms with E-state index in [1.807, 2.05) is 20.8 Å². The van der Waals surface area contributed by atoms with Gasteiger partial charge in [-0.3, -0.25) is 9.59 Å². The lowest BCUT2D eigenvalue weighted by atomic mass is 10.1. The van der Waals surface area contributed by atoms with Crippen LogP contribution in [-0.2, 0) is 0 Å². The normalized spacial score (nSPS) is 13.1. The monoisotopic (exact) mass is 436 g/mol. The van der Waals surface area contributed by atoms with E-state index in [9.17, 15) is 19.5 Å². The van der Waals surface area contributed by atoms with Crippen molar-refractivity contribution in [1.29, 1.82) is 0 Å². The van der Waals surface area contributed by atoms with Crippen molar-refractivity contribution in [3.8, 4) is 0 Å². The van der Waals surface area contributed by atoms with Crippen molar-refractivity contribution in [2.75, 3.05) is 11.9 Å². The zero-order valence-corrected chi connectivity index (χ0v) is 18.0. The predicted octanol–water partition coefficient (Wildman–Crippen LogP) is 3.12. The average Bonchev–Trinajstić information content (AvgIpc) is 3.52. The molecule has 0 bridgehead atoms. The molecule has 1 aromatic carbocycles. The first-order valence-electron chi connectivity index (χ1n) is 10.4. The fourth-order valence-corrected chi connectivity index (χ4v) is 3.63. The van der Waals surface area contributed by atoms with Gasteiger partial charge < -0.3 is 15.7 Å². The van der Waals surface area contributed by atoms with Gasteiger partial charge in [-0.2, -0.15) is 5.10 Å². The number of aromatic nitrogens is 3. The molecule has 0 saturated heterocycles. The molecule has 0 aliphatic heterocycles. The van der Waals surface area contributed by atoms with Gasteiger partial charge in [-0.1, -0.05) is 6.07 Å². The summed E-state index contributed by atoms with van der Waals surface area (Å²) in [6.45, 7) is 6.05. The Kier molecular flexibility index (Phi) is 5.52. The summed E-state index contributed by atoms with van der Waals surface area (Å²) in [5, 5.41) is 19.7. The zero-order valence-electron chi connectivity index (χ0n) is 18.0. The summed E-state index contributed by atoms with van der Waals surface area (Å²) in [4.78, 5) is 42.0. The maximum Gasteiger partial charge on any atom is 0.414 e. The van der Waals surface area contributed by atoms with Gasteiger partial charge in [0, 0.05) is 30.0 Å². The van der Waals surface area contributed by atoms with Crippen LogP contribution in [0.4, 0.5) is 16.3 Å². The summed E-state index contributed by atoms with van der Waals surface area (Å²) in [5.41, 5.74) is 3.58. The molecule has 2 aromatic heterocycles. The molecule has 1 aliphatic rings. The number of imide groups is 1. The second kappa shape index (κ2) is 8.29. The Morgan fingerprint density at radius 3 is 2.66 bits per heavy atom. The highest BCUT2D eigenvalue weighted by atomic mass is 16.4. The number of nitrogens with one attached hydrogen (secondary N) is 2. The van der Waals surface area contributed by atoms with E-state index in [0.29, 0.717) is 42.0 Å². The summed E-state index contributed by atoms with van der Waals surface area (Å²) in [5.74, 6) is -0.273. The summed E-state index contributed by atoms with van der Waals surface area (Å²) < 4.78 is 1.58. The minimum absolute atomic E-state index is 0.195. The predicted molar refractivity (Wildman–Crippen MR) is 117 cm³/mol. The summed E-state index contributed by atoms with van der Waals surface area (Å²) in [6, 6.07) is 4.74.